The maximum atomic E-state index is 12.6. The fraction of sp³-hybridized carbons (Fsp3) is 0.526. The molecule has 0 aliphatic carbocycles. The summed E-state index contributed by atoms with van der Waals surface area (Å²) in [5.41, 5.74) is 1.55. The molecule has 0 bridgehead atoms. The van der Waals surface area contributed by atoms with Crippen LogP contribution >= 0.6 is 0 Å². The standard InChI is InChI=1S/C19H28N2O5/c1-13(19(2,3)18(24)25)20-17(23)15(12-16(22)21-26)11-7-10-14-8-5-4-6-9-14/h4-6,8-9,13,15,26H,7,10-12H2,1-3H3,(H,20,23)(H,21,22)(H,24,25). The highest BCUT2D eigenvalue weighted by atomic mass is 16.5. The molecule has 0 aliphatic rings. The van der Waals surface area contributed by atoms with Crippen molar-refractivity contribution in [1.29, 1.82) is 0 Å². The van der Waals surface area contributed by atoms with Crippen LogP contribution in [0.25, 0.3) is 0 Å². The van der Waals surface area contributed by atoms with Crippen molar-refractivity contribution in [2.24, 2.45) is 11.3 Å². The van der Waals surface area contributed by atoms with Crippen molar-refractivity contribution < 1.29 is 24.7 Å². The number of rotatable bonds is 10. The molecule has 0 aliphatic heterocycles. The van der Waals surface area contributed by atoms with Crippen LogP contribution in [0.4, 0.5) is 0 Å². The Labute approximate surface area is 153 Å². The number of carbonyl (C=O) groups excluding carboxylic acids is 2. The smallest absolute Gasteiger partial charge is 0.311 e. The Morgan fingerprint density at radius 1 is 1.15 bits per heavy atom. The van der Waals surface area contributed by atoms with Crippen LogP contribution in [0, 0.1) is 11.3 Å². The van der Waals surface area contributed by atoms with Crippen molar-refractivity contribution in [3.05, 3.63) is 35.9 Å². The van der Waals surface area contributed by atoms with Crippen LogP contribution in [0.1, 0.15) is 45.6 Å². The molecule has 0 spiro atoms. The van der Waals surface area contributed by atoms with E-state index in [1.54, 1.807) is 12.4 Å². The first kappa shape index (κ1) is 21.6. The highest BCUT2D eigenvalue weighted by Gasteiger charge is 2.36. The van der Waals surface area contributed by atoms with Gasteiger partial charge in [0.05, 0.1) is 5.41 Å². The molecule has 26 heavy (non-hydrogen) atoms. The van der Waals surface area contributed by atoms with Gasteiger partial charge in [-0.05, 0) is 45.6 Å². The van der Waals surface area contributed by atoms with Crippen LogP contribution in [0.3, 0.4) is 0 Å². The third-order valence-electron chi connectivity index (χ3n) is 4.78. The Hall–Kier alpha value is -2.41. The number of aryl methyl sites for hydroxylation is 1. The number of aliphatic carboxylic acids is 1. The average Bonchev–Trinajstić information content (AvgIpc) is 2.61. The van der Waals surface area contributed by atoms with Gasteiger partial charge in [0.15, 0.2) is 0 Å². The summed E-state index contributed by atoms with van der Waals surface area (Å²) in [6.07, 6.45) is 1.75. The molecule has 1 rings (SSSR count). The second kappa shape index (κ2) is 9.91. The summed E-state index contributed by atoms with van der Waals surface area (Å²) >= 11 is 0. The summed E-state index contributed by atoms with van der Waals surface area (Å²) in [4.78, 5) is 35.4. The van der Waals surface area contributed by atoms with Gasteiger partial charge in [0.2, 0.25) is 11.8 Å². The summed E-state index contributed by atoms with van der Waals surface area (Å²) < 4.78 is 0. The molecule has 144 valence electrons. The Morgan fingerprint density at radius 2 is 1.77 bits per heavy atom. The van der Waals surface area contributed by atoms with Crippen molar-refractivity contribution in [2.45, 2.75) is 52.5 Å². The lowest BCUT2D eigenvalue weighted by atomic mass is 9.85. The molecular formula is C19H28N2O5. The largest absolute Gasteiger partial charge is 0.481 e. The van der Waals surface area contributed by atoms with Crippen molar-refractivity contribution in [1.82, 2.24) is 10.8 Å². The maximum absolute atomic E-state index is 12.6. The van der Waals surface area contributed by atoms with Gasteiger partial charge in [0.1, 0.15) is 0 Å². The molecular weight excluding hydrogens is 336 g/mol. The summed E-state index contributed by atoms with van der Waals surface area (Å²) in [5.74, 6) is -2.68. The summed E-state index contributed by atoms with van der Waals surface area (Å²) in [6.45, 7) is 4.69. The quantitative estimate of drug-likeness (QED) is 0.375. The molecule has 1 aromatic carbocycles. The minimum atomic E-state index is -1.14. The van der Waals surface area contributed by atoms with E-state index in [1.807, 2.05) is 30.3 Å². The molecule has 2 atom stereocenters. The van der Waals surface area contributed by atoms with E-state index in [0.717, 1.165) is 12.0 Å². The van der Waals surface area contributed by atoms with E-state index >= 15 is 0 Å². The first-order valence-corrected chi connectivity index (χ1v) is 8.69. The molecule has 0 saturated carbocycles. The van der Waals surface area contributed by atoms with Crippen LogP contribution in [0.2, 0.25) is 0 Å². The van der Waals surface area contributed by atoms with E-state index in [4.69, 9.17) is 5.21 Å². The lowest BCUT2D eigenvalue weighted by Gasteiger charge is -2.29. The Kier molecular flexibility index (Phi) is 8.25. The van der Waals surface area contributed by atoms with Crippen LogP contribution in [-0.2, 0) is 20.8 Å². The fourth-order valence-electron chi connectivity index (χ4n) is 2.49. The molecule has 0 saturated heterocycles. The van der Waals surface area contributed by atoms with Gasteiger partial charge < -0.3 is 10.4 Å². The van der Waals surface area contributed by atoms with E-state index < -0.39 is 29.3 Å². The van der Waals surface area contributed by atoms with Gasteiger partial charge in [0.25, 0.3) is 0 Å². The van der Waals surface area contributed by atoms with Gasteiger partial charge >= 0.3 is 5.97 Å². The van der Waals surface area contributed by atoms with E-state index in [2.05, 4.69) is 5.32 Å². The van der Waals surface area contributed by atoms with Crippen molar-refractivity contribution in [3.63, 3.8) is 0 Å². The Bertz CT molecular complexity index is 616. The molecule has 0 radical (unpaired) electrons. The van der Waals surface area contributed by atoms with E-state index in [9.17, 15) is 19.5 Å². The van der Waals surface area contributed by atoms with Crippen molar-refractivity contribution in [2.75, 3.05) is 0 Å². The number of hydroxylamine groups is 1. The predicted octanol–water partition coefficient (Wildman–Crippen LogP) is 2.14. The second-order valence-electron chi connectivity index (χ2n) is 7.07. The van der Waals surface area contributed by atoms with Gasteiger partial charge in [0, 0.05) is 18.4 Å². The van der Waals surface area contributed by atoms with Crippen LogP contribution in [-0.4, -0.2) is 34.1 Å². The molecule has 2 unspecified atom stereocenters. The molecule has 0 aromatic heterocycles. The fourth-order valence-corrected chi connectivity index (χ4v) is 2.49. The molecule has 4 N–H and O–H groups in total. The summed E-state index contributed by atoms with van der Waals surface area (Å²) in [7, 11) is 0. The van der Waals surface area contributed by atoms with Gasteiger partial charge in [-0.2, -0.15) is 0 Å². The number of nitrogens with one attached hydrogen (secondary N) is 2. The zero-order valence-corrected chi connectivity index (χ0v) is 15.5. The van der Waals surface area contributed by atoms with Crippen molar-refractivity contribution >= 4 is 17.8 Å². The SMILES string of the molecule is CC(NC(=O)C(CCCc1ccccc1)CC(=O)NO)C(C)(C)C(=O)O. The minimum absolute atomic E-state index is 0.155. The molecule has 7 nitrogen and oxygen atoms in total. The van der Waals surface area contributed by atoms with E-state index in [0.29, 0.717) is 12.8 Å². The molecule has 0 fully saturated rings. The number of benzene rings is 1. The van der Waals surface area contributed by atoms with Crippen LogP contribution in [0.5, 0.6) is 0 Å². The number of hydrogen-bond donors (Lipinski definition) is 4. The third kappa shape index (κ3) is 6.48. The zero-order chi connectivity index (χ0) is 19.7. The van der Waals surface area contributed by atoms with E-state index in [-0.39, 0.29) is 12.3 Å². The number of amides is 2. The van der Waals surface area contributed by atoms with Gasteiger partial charge in [-0.15, -0.1) is 0 Å². The van der Waals surface area contributed by atoms with Crippen LogP contribution < -0.4 is 10.8 Å². The number of hydrogen-bond acceptors (Lipinski definition) is 4. The van der Waals surface area contributed by atoms with E-state index in [1.165, 1.54) is 13.8 Å². The summed E-state index contributed by atoms with van der Waals surface area (Å²) in [6, 6.07) is 9.18. The Morgan fingerprint density at radius 3 is 2.31 bits per heavy atom. The second-order valence-corrected chi connectivity index (χ2v) is 7.07. The molecule has 0 heterocycles. The topological polar surface area (TPSA) is 116 Å². The number of carboxylic acid groups (broad SMARTS) is 1. The van der Waals surface area contributed by atoms with Gasteiger partial charge in [-0.3, -0.25) is 19.6 Å². The highest BCUT2D eigenvalue weighted by molar-refractivity contribution is 5.86. The first-order valence-electron chi connectivity index (χ1n) is 8.69. The van der Waals surface area contributed by atoms with Gasteiger partial charge in [-0.1, -0.05) is 30.3 Å². The number of carboxylic acids is 1. The molecule has 7 heteroatoms. The Balaban J connectivity index is 2.70. The molecule has 1 aromatic rings. The zero-order valence-electron chi connectivity index (χ0n) is 15.5. The minimum Gasteiger partial charge on any atom is -0.481 e. The average molecular weight is 364 g/mol. The molecule has 2 amide bonds. The summed E-state index contributed by atoms with van der Waals surface area (Å²) in [5, 5.41) is 20.7. The lowest BCUT2D eigenvalue weighted by Crippen LogP contribution is -2.49. The third-order valence-corrected chi connectivity index (χ3v) is 4.78. The van der Waals surface area contributed by atoms with Crippen molar-refractivity contribution in [3.8, 4) is 0 Å². The highest BCUT2D eigenvalue weighted by Crippen LogP contribution is 2.22. The number of carbonyl (C=O) groups is 3. The predicted molar refractivity (Wildman–Crippen MR) is 96.4 cm³/mol. The lowest BCUT2D eigenvalue weighted by molar-refractivity contribution is -0.149. The van der Waals surface area contributed by atoms with Crippen LogP contribution in [0.15, 0.2) is 30.3 Å². The monoisotopic (exact) mass is 364 g/mol. The first-order chi connectivity index (χ1) is 12.2. The van der Waals surface area contributed by atoms with Gasteiger partial charge in [-0.25, -0.2) is 5.48 Å². The normalized spacial score (nSPS) is 13.5. The maximum Gasteiger partial charge on any atom is 0.311 e.